The Morgan fingerprint density at radius 3 is 2.42 bits per heavy atom. The zero-order valence-corrected chi connectivity index (χ0v) is 11.5. The largest absolute Gasteiger partial charge is 0.478 e. The lowest BCUT2D eigenvalue weighted by molar-refractivity contribution is -0.133. The van der Waals surface area contributed by atoms with Crippen LogP contribution in [0.25, 0.3) is 0 Å². The molecule has 0 saturated heterocycles. The number of amides is 2. The number of carboxylic acids is 1. The molecule has 106 valence electrons. The van der Waals surface area contributed by atoms with Gasteiger partial charge in [0.2, 0.25) is 0 Å². The highest BCUT2D eigenvalue weighted by Gasteiger charge is 2.37. The Morgan fingerprint density at radius 1 is 1.26 bits per heavy atom. The van der Waals surface area contributed by atoms with E-state index in [-0.39, 0.29) is 23.9 Å². The summed E-state index contributed by atoms with van der Waals surface area (Å²) >= 11 is 0. The molecule has 0 aromatic carbocycles. The van der Waals surface area contributed by atoms with E-state index in [0.29, 0.717) is 11.3 Å². The smallest absolute Gasteiger partial charge is 0.335 e. The van der Waals surface area contributed by atoms with Crippen LogP contribution in [0.3, 0.4) is 0 Å². The Balaban J connectivity index is 2.35. The molecule has 5 nitrogen and oxygen atoms in total. The molecule has 5 heteroatoms. The summed E-state index contributed by atoms with van der Waals surface area (Å²) in [6.07, 6.45) is 5.43. The molecule has 1 aliphatic heterocycles. The maximum Gasteiger partial charge on any atom is 0.335 e. The summed E-state index contributed by atoms with van der Waals surface area (Å²) in [6.45, 7) is 3.81. The number of carbonyl (C=O) groups excluding carboxylic acids is 1. The summed E-state index contributed by atoms with van der Waals surface area (Å²) in [7, 11) is 0. The van der Waals surface area contributed by atoms with E-state index in [1.807, 2.05) is 13.8 Å². The molecule has 19 heavy (non-hydrogen) atoms. The van der Waals surface area contributed by atoms with Crippen LogP contribution in [0.4, 0.5) is 4.79 Å². The van der Waals surface area contributed by atoms with Crippen LogP contribution in [0, 0.1) is 11.8 Å². The number of urea groups is 1. The molecule has 0 radical (unpaired) electrons. The van der Waals surface area contributed by atoms with Crippen LogP contribution in [0.15, 0.2) is 11.3 Å². The van der Waals surface area contributed by atoms with Gasteiger partial charge in [-0.2, -0.15) is 0 Å². The van der Waals surface area contributed by atoms with Gasteiger partial charge in [-0.05, 0) is 24.7 Å². The third-order valence-electron chi connectivity index (χ3n) is 4.06. The quantitative estimate of drug-likeness (QED) is 0.733. The summed E-state index contributed by atoms with van der Waals surface area (Å²) in [5, 5.41) is 15.0. The zero-order valence-electron chi connectivity index (χ0n) is 11.5. The Kier molecular flexibility index (Phi) is 4.12. The highest BCUT2D eigenvalue weighted by atomic mass is 16.4. The molecule has 2 amide bonds. The number of carboxylic acid groups (broad SMARTS) is 1. The summed E-state index contributed by atoms with van der Waals surface area (Å²) < 4.78 is 0. The van der Waals surface area contributed by atoms with Crippen molar-refractivity contribution in [2.24, 2.45) is 11.8 Å². The van der Waals surface area contributed by atoms with Gasteiger partial charge in [0.05, 0.1) is 11.6 Å². The monoisotopic (exact) mass is 266 g/mol. The molecule has 1 aliphatic carbocycles. The predicted octanol–water partition coefficient (Wildman–Crippen LogP) is 2.24. The van der Waals surface area contributed by atoms with E-state index in [0.717, 1.165) is 25.7 Å². The van der Waals surface area contributed by atoms with Crippen molar-refractivity contribution in [2.45, 2.75) is 52.0 Å². The first-order chi connectivity index (χ1) is 9.00. The van der Waals surface area contributed by atoms with E-state index in [2.05, 4.69) is 10.6 Å². The van der Waals surface area contributed by atoms with Crippen LogP contribution < -0.4 is 10.6 Å². The number of rotatable bonds is 3. The van der Waals surface area contributed by atoms with E-state index in [4.69, 9.17) is 0 Å². The third-order valence-corrected chi connectivity index (χ3v) is 4.06. The minimum Gasteiger partial charge on any atom is -0.478 e. The average Bonchev–Trinajstić information content (AvgIpc) is 2.38. The van der Waals surface area contributed by atoms with E-state index in [1.165, 1.54) is 6.42 Å². The number of hydrogen-bond donors (Lipinski definition) is 3. The normalized spacial score (nSPS) is 25.2. The molecular weight excluding hydrogens is 244 g/mol. The fourth-order valence-corrected chi connectivity index (χ4v) is 3.13. The van der Waals surface area contributed by atoms with Gasteiger partial charge in [0, 0.05) is 5.70 Å². The van der Waals surface area contributed by atoms with Crippen LogP contribution in [0.5, 0.6) is 0 Å². The number of allylic oxidation sites excluding steroid dienone is 1. The van der Waals surface area contributed by atoms with Gasteiger partial charge in [-0.1, -0.05) is 33.1 Å². The van der Waals surface area contributed by atoms with Crippen LogP contribution in [-0.2, 0) is 4.79 Å². The second-order valence-electron chi connectivity index (χ2n) is 5.76. The maximum atomic E-state index is 11.7. The molecule has 2 aliphatic rings. The van der Waals surface area contributed by atoms with Gasteiger partial charge < -0.3 is 15.7 Å². The van der Waals surface area contributed by atoms with Crippen molar-refractivity contribution < 1.29 is 14.7 Å². The Bertz CT molecular complexity index is 409. The highest BCUT2D eigenvalue weighted by molar-refractivity contribution is 5.93. The predicted molar refractivity (Wildman–Crippen MR) is 71.5 cm³/mol. The summed E-state index contributed by atoms with van der Waals surface area (Å²) in [5.41, 5.74) is 0.910. The van der Waals surface area contributed by atoms with Crippen molar-refractivity contribution in [3.05, 3.63) is 11.3 Å². The van der Waals surface area contributed by atoms with Crippen molar-refractivity contribution in [3.63, 3.8) is 0 Å². The lowest BCUT2D eigenvalue weighted by atomic mass is 9.79. The van der Waals surface area contributed by atoms with Gasteiger partial charge in [0.15, 0.2) is 0 Å². The van der Waals surface area contributed by atoms with Crippen molar-refractivity contribution in [2.75, 3.05) is 0 Å². The van der Waals surface area contributed by atoms with Crippen LogP contribution in [0.1, 0.15) is 46.0 Å². The number of hydrogen-bond acceptors (Lipinski definition) is 2. The fraction of sp³-hybridized carbons (Fsp3) is 0.714. The minimum atomic E-state index is -0.924. The molecular formula is C14H22N2O3. The number of nitrogens with one attached hydrogen (secondary N) is 2. The van der Waals surface area contributed by atoms with Gasteiger partial charge in [-0.15, -0.1) is 0 Å². The van der Waals surface area contributed by atoms with Crippen molar-refractivity contribution in [1.29, 1.82) is 0 Å². The van der Waals surface area contributed by atoms with Gasteiger partial charge in [-0.25, -0.2) is 9.59 Å². The van der Waals surface area contributed by atoms with Crippen molar-refractivity contribution in [1.82, 2.24) is 10.6 Å². The standard InChI is InChI=1S/C14H22N2O3/c1-8(2)11-10(13(17)18)12(16-14(19)15-11)9-6-4-3-5-7-9/h8-9,12H,3-7H2,1-2H3,(H,17,18)(H2,15,16,19). The first-order valence-corrected chi connectivity index (χ1v) is 7.05. The Morgan fingerprint density at radius 2 is 1.89 bits per heavy atom. The molecule has 3 N–H and O–H groups in total. The van der Waals surface area contributed by atoms with Gasteiger partial charge in [-0.3, -0.25) is 0 Å². The maximum absolute atomic E-state index is 11.7. The molecule has 0 spiro atoms. The SMILES string of the molecule is CC(C)C1=C(C(=O)O)C(C2CCCCC2)NC(=O)N1. The molecule has 1 heterocycles. The van der Waals surface area contributed by atoms with Crippen LogP contribution >= 0.6 is 0 Å². The number of aliphatic carboxylic acids is 1. The topological polar surface area (TPSA) is 78.4 Å². The third kappa shape index (κ3) is 2.91. The molecule has 1 unspecified atom stereocenters. The van der Waals surface area contributed by atoms with Gasteiger partial charge >= 0.3 is 12.0 Å². The van der Waals surface area contributed by atoms with E-state index >= 15 is 0 Å². The molecule has 0 bridgehead atoms. The van der Waals surface area contributed by atoms with Crippen molar-refractivity contribution in [3.8, 4) is 0 Å². The Labute approximate surface area is 113 Å². The summed E-state index contributed by atoms with van der Waals surface area (Å²) in [6, 6.07) is -0.617. The second-order valence-corrected chi connectivity index (χ2v) is 5.76. The summed E-state index contributed by atoms with van der Waals surface area (Å²) in [5.74, 6) is -0.672. The molecule has 1 atom stereocenters. The average molecular weight is 266 g/mol. The van der Waals surface area contributed by atoms with E-state index in [9.17, 15) is 14.7 Å². The zero-order chi connectivity index (χ0) is 14.0. The lowest BCUT2D eigenvalue weighted by Crippen LogP contribution is -2.54. The first kappa shape index (κ1) is 13.9. The molecule has 1 saturated carbocycles. The second kappa shape index (κ2) is 5.63. The summed E-state index contributed by atoms with van der Waals surface area (Å²) in [4.78, 5) is 23.3. The number of carbonyl (C=O) groups is 2. The van der Waals surface area contributed by atoms with E-state index < -0.39 is 5.97 Å². The van der Waals surface area contributed by atoms with Gasteiger partial charge in [0.25, 0.3) is 0 Å². The van der Waals surface area contributed by atoms with Gasteiger partial charge in [0.1, 0.15) is 0 Å². The van der Waals surface area contributed by atoms with Crippen LogP contribution in [-0.4, -0.2) is 23.1 Å². The van der Waals surface area contributed by atoms with E-state index in [1.54, 1.807) is 0 Å². The lowest BCUT2D eigenvalue weighted by Gasteiger charge is -2.36. The fourth-order valence-electron chi connectivity index (χ4n) is 3.13. The molecule has 1 fully saturated rings. The first-order valence-electron chi connectivity index (χ1n) is 7.05. The molecule has 0 aromatic heterocycles. The molecule has 0 aromatic rings. The minimum absolute atomic E-state index is 0.00300. The van der Waals surface area contributed by atoms with Crippen molar-refractivity contribution >= 4 is 12.0 Å². The Hall–Kier alpha value is -1.52. The highest BCUT2D eigenvalue weighted by Crippen LogP contribution is 2.32. The molecule has 2 rings (SSSR count). The van der Waals surface area contributed by atoms with Crippen LogP contribution in [0.2, 0.25) is 0 Å².